The van der Waals surface area contributed by atoms with Gasteiger partial charge in [0.1, 0.15) is 0 Å². The van der Waals surface area contributed by atoms with E-state index in [0.717, 1.165) is 51.3 Å². The average molecular weight is 453 g/mol. The number of carbonyl (C=O) groups excluding carboxylic acids is 1. The molecule has 0 saturated carbocycles. The molecule has 1 aromatic heterocycles. The molecule has 2 aromatic carbocycles. The Labute approximate surface area is 202 Å². The predicted molar refractivity (Wildman–Crippen MR) is 138 cm³/mol. The van der Waals surface area contributed by atoms with Gasteiger partial charge >= 0.3 is 0 Å². The van der Waals surface area contributed by atoms with Gasteiger partial charge in [-0.2, -0.15) is 0 Å². The number of nitrogens with zero attached hydrogens (tertiary/aromatic N) is 3. The molecule has 1 saturated heterocycles. The minimum Gasteiger partial charge on any atom is -0.326 e. The summed E-state index contributed by atoms with van der Waals surface area (Å²) in [6, 6.07) is 21.3. The van der Waals surface area contributed by atoms with Gasteiger partial charge in [-0.1, -0.05) is 54.6 Å². The molecule has 2 heterocycles. The van der Waals surface area contributed by atoms with Crippen LogP contribution in [0.5, 0.6) is 0 Å². The zero-order valence-corrected chi connectivity index (χ0v) is 19.8. The Kier molecular flexibility index (Phi) is 6.84. The molecule has 1 fully saturated rings. The second kappa shape index (κ2) is 10.3. The molecule has 1 atom stereocenters. The summed E-state index contributed by atoms with van der Waals surface area (Å²) in [5.41, 5.74) is 7.26. The van der Waals surface area contributed by atoms with E-state index in [-0.39, 0.29) is 11.9 Å². The average Bonchev–Trinajstić information content (AvgIpc) is 3.01. The van der Waals surface area contributed by atoms with Crippen molar-refractivity contribution in [2.75, 3.05) is 38.0 Å². The number of aryl methyl sites for hydroxylation is 2. The Hall–Kier alpha value is -3.28. The fourth-order valence-corrected chi connectivity index (χ4v) is 5.19. The quantitative estimate of drug-likeness (QED) is 0.617. The van der Waals surface area contributed by atoms with E-state index in [4.69, 9.17) is 4.98 Å². The number of benzene rings is 2. The Morgan fingerprint density at radius 2 is 1.82 bits per heavy atom. The summed E-state index contributed by atoms with van der Waals surface area (Å²) in [5.74, 6) is -0.0376. The van der Waals surface area contributed by atoms with Crippen LogP contribution in [-0.4, -0.2) is 53.4 Å². The number of carbonyl (C=O) groups is 1. The first-order valence-corrected chi connectivity index (χ1v) is 12.2. The van der Waals surface area contributed by atoms with Crippen molar-refractivity contribution in [3.05, 3.63) is 101 Å². The summed E-state index contributed by atoms with van der Waals surface area (Å²) in [6.45, 7) is 6.60. The summed E-state index contributed by atoms with van der Waals surface area (Å²) in [5, 5.41) is 2.98. The first kappa shape index (κ1) is 22.5. The van der Waals surface area contributed by atoms with Crippen molar-refractivity contribution in [3.63, 3.8) is 0 Å². The number of hydrogen-bond donors (Lipinski definition) is 1. The summed E-state index contributed by atoms with van der Waals surface area (Å²) in [7, 11) is 0. The molecule has 1 unspecified atom stereocenters. The third-order valence-corrected chi connectivity index (χ3v) is 6.86. The smallest absolute Gasteiger partial charge is 0.221 e. The van der Waals surface area contributed by atoms with Crippen molar-refractivity contribution < 1.29 is 4.79 Å². The van der Waals surface area contributed by atoms with Crippen molar-refractivity contribution in [2.45, 2.75) is 25.8 Å². The second-order valence-corrected chi connectivity index (χ2v) is 9.19. The third-order valence-electron chi connectivity index (χ3n) is 6.86. The Bertz CT molecular complexity index is 1170. The summed E-state index contributed by atoms with van der Waals surface area (Å²) < 4.78 is 0. The normalized spacial score (nSPS) is 18.8. The summed E-state index contributed by atoms with van der Waals surface area (Å²) in [6.07, 6.45) is 8.31. The molecule has 0 spiro atoms. The zero-order valence-electron chi connectivity index (χ0n) is 19.8. The first-order chi connectivity index (χ1) is 16.7. The number of hydrogen-bond acceptors (Lipinski definition) is 4. The number of fused-ring (bicyclic) bond motifs is 2. The molecular formula is C29H32N4O. The van der Waals surface area contributed by atoms with Crippen LogP contribution < -0.4 is 5.32 Å². The van der Waals surface area contributed by atoms with Crippen molar-refractivity contribution in [2.24, 2.45) is 0 Å². The van der Waals surface area contributed by atoms with E-state index < -0.39 is 0 Å². The van der Waals surface area contributed by atoms with Gasteiger partial charge in [0.25, 0.3) is 0 Å². The van der Waals surface area contributed by atoms with Crippen LogP contribution in [0.2, 0.25) is 0 Å². The van der Waals surface area contributed by atoms with E-state index in [1.807, 2.05) is 12.3 Å². The number of piperazine rings is 1. The molecule has 0 radical (unpaired) electrons. The van der Waals surface area contributed by atoms with E-state index in [1.165, 1.54) is 27.9 Å². The molecule has 2 aliphatic rings. The topological polar surface area (TPSA) is 48.5 Å². The SMILES string of the molecule is CC(=O)Nc1ccc2c(c1)C(N1CCN(C/C=C/c3ccccc3)CC1)c1cccnc1CC2. The van der Waals surface area contributed by atoms with E-state index in [2.05, 4.69) is 81.9 Å². The van der Waals surface area contributed by atoms with Crippen LogP contribution in [0, 0.1) is 0 Å². The Morgan fingerprint density at radius 3 is 2.62 bits per heavy atom. The molecule has 3 aromatic rings. The number of nitrogens with one attached hydrogen (secondary N) is 1. The van der Waals surface area contributed by atoms with Crippen LogP contribution in [0.25, 0.3) is 6.08 Å². The lowest BCUT2D eigenvalue weighted by molar-refractivity contribution is -0.114. The first-order valence-electron chi connectivity index (χ1n) is 12.2. The molecule has 174 valence electrons. The summed E-state index contributed by atoms with van der Waals surface area (Å²) >= 11 is 0. The lowest BCUT2D eigenvalue weighted by atomic mass is 9.93. The summed E-state index contributed by atoms with van der Waals surface area (Å²) in [4.78, 5) is 21.6. The lowest BCUT2D eigenvalue weighted by Gasteiger charge is -2.40. The molecule has 34 heavy (non-hydrogen) atoms. The maximum atomic E-state index is 11.7. The van der Waals surface area contributed by atoms with Gasteiger partial charge in [0.15, 0.2) is 0 Å². The van der Waals surface area contributed by atoms with Crippen molar-refractivity contribution in [3.8, 4) is 0 Å². The molecular weight excluding hydrogens is 420 g/mol. The van der Waals surface area contributed by atoms with Crippen LogP contribution in [0.1, 0.15) is 40.9 Å². The molecule has 1 aliphatic carbocycles. The van der Waals surface area contributed by atoms with Crippen LogP contribution in [-0.2, 0) is 17.6 Å². The molecule has 5 heteroatoms. The highest BCUT2D eigenvalue weighted by Crippen LogP contribution is 2.37. The van der Waals surface area contributed by atoms with Gasteiger partial charge in [-0.05, 0) is 53.3 Å². The van der Waals surface area contributed by atoms with Gasteiger partial charge in [-0.3, -0.25) is 19.6 Å². The van der Waals surface area contributed by atoms with Gasteiger partial charge in [0.2, 0.25) is 5.91 Å². The molecule has 0 bridgehead atoms. The Balaban J connectivity index is 1.35. The molecule has 1 amide bonds. The third kappa shape index (κ3) is 5.11. The maximum Gasteiger partial charge on any atom is 0.221 e. The number of anilines is 1. The highest BCUT2D eigenvalue weighted by Gasteiger charge is 2.31. The second-order valence-electron chi connectivity index (χ2n) is 9.19. The number of pyridine rings is 1. The van der Waals surface area contributed by atoms with E-state index in [0.29, 0.717) is 0 Å². The number of rotatable bonds is 5. The van der Waals surface area contributed by atoms with E-state index in [1.54, 1.807) is 6.92 Å². The number of amides is 1. The number of aromatic nitrogens is 1. The molecule has 5 nitrogen and oxygen atoms in total. The van der Waals surface area contributed by atoms with Gasteiger partial charge in [-0.15, -0.1) is 0 Å². The van der Waals surface area contributed by atoms with Crippen molar-refractivity contribution in [1.82, 2.24) is 14.8 Å². The minimum absolute atomic E-state index is 0.0376. The van der Waals surface area contributed by atoms with Gasteiger partial charge in [-0.25, -0.2) is 0 Å². The van der Waals surface area contributed by atoms with Crippen LogP contribution in [0.3, 0.4) is 0 Å². The minimum atomic E-state index is -0.0376. The standard InChI is InChI=1S/C29H32N4O/c1-22(34)31-25-13-11-24-12-14-28-26(10-5-15-30-28)29(27(24)21-25)33-19-17-32(18-20-33)16-6-9-23-7-3-2-4-8-23/h2-11,13,15,21,29H,12,14,16-20H2,1H3,(H,31,34)/b9-6+. The molecule has 5 rings (SSSR count). The van der Waals surface area contributed by atoms with Gasteiger partial charge in [0.05, 0.1) is 6.04 Å². The van der Waals surface area contributed by atoms with E-state index in [9.17, 15) is 4.79 Å². The largest absolute Gasteiger partial charge is 0.326 e. The fraction of sp³-hybridized carbons (Fsp3) is 0.310. The fourth-order valence-electron chi connectivity index (χ4n) is 5.19. The predicted octanol–water partition coefficient (Wildman–Crippen LogP) is 4.56. The van der Waals surface area contributed by atoms with Crippen LogP contribution >= 0.6 is 0 Å². The van der Waals surface area contributed by atoms with Gasteiger partial charge < -0.3 is 5.32 Å². The van der Waals surface area contributed by atoms with Crippen LogP contribution in [0.4, 0.5) is 5.69 Å². The highest BCUT2D eigenvalue weighted by atomic mass is 16.1. The lowest BCUT2D eigenvalue weighted by Crippen LogP contribution is -2.48. The molecule has 1 aliphatic heterocycles. The van der Waals surface area contributed by atoms with Crippen molar-refractivity contribution >= 4 is 17.7 Å². The highest BCUT2D eigenvalue weighted by molar-refractivity contribution is 5.88. The van der Waals surface area contributed by atoms with E-state index >= 15 is 0 Å². The monoisotopic (exact) mass is 452 g/mol. The Morgan fingerprint density at radius 1 is 1.00 bits per heavy atom. The van der Waals surface area contributed by atoms with Gasteiger partial charge in [0, 0.05) is 57.2 Å². The maximum absolute atomic E-state index is 11.7. The van der Waals surface area contributed by atoms with Crippen LogP contribution in [0.15, 0.2) is 72.9 Å². The molecule has 1 N–H and O–H groups in total. The zero-order chi connectivity index (χ0) is 23.3. The van der Waals surface area contributed by atoms with Crippen molar-refractivity contribution in [1.29, 1.82) is 0 Å².